The van der Waals surface area contributed by atoms with Crippen LogP contribution in [0, 0.1) is 0 Å². The monoisotopic (exact) mass is 364 g/mol. The van der Waals surface area contributed by atoms with E-state index < -0.39 is 0 Å². The lowest BCUT2D eigenvalue weighted by atomic mass is 10.3. The first-order valence-electron chi connectivity index (χ1n) is 8.80. The van der Waals surface area contributed by atoms with Crippen molar-refractivity contribution in [2.24, 2.45) is 0 Å². The third-order valence-electron chi connectivity index (χ3n) is 4.35. The average molecular weight is 364 g/mol. The van der Waals surface area contributed by atoms with E-state index in [-0.39, 0.29) is 5.91 Å². The van der Waals surface area contributed by atoms with Crippen LogP contribution in [0.25, 0.3) is 21.3 Å². The van der Waals surface area contributed by atoms with E-state index >= 15 is 0 Å². The van der Waals surface area contributed by atoms with E-state index in [4.69, 9.17) is 0 Å². The summed E-state index contributed by atoms with van der Waals surface area (Å²) in [7, 11) is 0. The molecule has 0 saturated carbocycles. The van der Waals surface area contributed by atoms with Crippen LogP contribution >= 0.6 is 11.3 Å². The number of benzene rings is 2. The van der Waals surface area contributed by atoms with Crippen molar-refractivity contribution in [3.8, 4) is 0 Å². The Morgan fingerprint density at radius 1 is 1.08 bits per heavy atom. The zero-order valence-electron chi connectivity index (χ0n) is 14.6. The van der Waals surface area contributed by atoms with Gasteiger partial charge in [-0.15, -0.1) is 11.3 Å². The van der Waals surface area contributed by atoms with Gasteiger partial charge in [-0.1, -0.05) is 31.2 Å². The van der Waals surface area contributed by atoms with Gasteiger partial charge in [0.25, 0.3) is 0 Å². The molecule has 26 heavy (non-hydrogen) atoms. The minimum atomic E-state index is 0.00367. The molecule has 2 heterocycles. The summed E-state index contributed by atoms with van der Waals surface area (Å²) in [5.41, 5.74) is 2.97. The quantitative estimate of drug-likeness (QED) is 0.569. The Kier molecular flexibility index (Phi) is 4.67. The number of nitrogens with zero attached hydrogens (tertiary/aromatic N) is 3. The number of carbonyl (C=O) groups excluding carboxylic acids is 1. The van der Waals surface area contributed by atoms with Crippen LogP contribution in [0.1, 0.15) is 17.8 Å². The lowest BCUT2D eigenvalue weighted by molar-refractivity contribution is -0.121. The second kappa shape index (κ2) is 7.25. The fourth-order valence-corrected chi connectivity index (χ4v) is 4.07. The van der Waals surface area contributed by atoms with Crippen LogP contribution in [0.3, 0.4) is 0 Å². The molecule has 0 spiro atoms. The Balaban J connectivity index is 1.40. The molecule has 0 atom stereocenters. The highest BCUT2D eigenvalue weighted by atomic mass is 32.1. The van der Waals surface area contributed by atoms with Gasteiger partial charge in [-0.3, -0.25) is 4.79 Å². The molecule has 0 radical (unpaired) electrons. The highest BCUT2D eigenvalue weighted by Crippen LogP contribution is 2.21. The molecule has 4 aromatic rings. The van der Waals surface area contributed by atoms with Gasteiger partial charge in [-0.05, 0) is 24.3 Å². The molecule has 0 aliphatic heterocycles. The van der Waals surface area contributed by atoms with Gasteiger partial charge in [0.05, 0.1) is 26.3 Å². The number of rotatable bonds is 6. The van der Waals surface area contributed by atoms with E-state index in [1.807, 2.05) is 47.0 Å². The van der Waals surface area contributed by atoms with Gasteiger partial charge < -0.3 is 9.88 Å². The third-order valence-corrected chi connectivity index (χ3v) is 5.45. The summed E-state index contributed by atoms with van der Waals surface area (Å²) in [5.74, 6) is 0.941. The number of hydrogen-bond acceptors (Lipinski definition) is 4. The van der Waals surface area contributed by atoms with Crippen LogP contribution in [-0.4, -0.2) is 27.0 Å². The summed E-state index contributed by atoms with van der Waals surface area (Å²) in [6, 6.07) is 16.0. The van der Waals surface area contributed by atoms with Crippen LogP contribution in [0.4, 0.5) is 0 Å². The van der Waals surface area contributed by atoms with Gasteiger partial charge in [0.2, 0.25) is 5.91 Å². The molecule has 0 saturated heterocycles. The van der Waals surface area contributed by atoms with E-state index in [0.29, 0.717) is 13.1 Å². The second-order valence-corrected chi connectivity index (χ2v) is 7.25. The Hall–Kier alpha value is -2.73. The van der Waals surface area contributed by atoms with Crippen molar-refractivity contribution in [3.63, 3.8) is 0 Å². The largest absolute Gasteiger partial charge is 0.354 e. The number of imidazole rings is 1. The maximum atomic E-state index is 12.4. The van der Waals surface area contributed by atoms with Crippen molar-refractivity contribution < 1.29 is 4.79 Å². The SMILES string of the molecule is CCc1nc2ccccc2n1CC(=O)NCCc1nc2ccccc2s1. The molecule has 1 N–H and O–H groups in total. The van der Waals surface area contributed by atoms with Gasteiger partial charge in [-0.2, -0.15) is 0 Å². The highest BCUT2D eigenvalue weighted by molar-refractivity contribution is 7.18. The lowest BCUT2D eigenvalue weighted by Gasteiger charge is -2.08. The summed E-state index contributed by atoms with van der Waals surface area (Å²) < 4.78 is 3.19. The molecular weight excluding hydrogens is 344 g/mol. The maximum absolute atomic E-state index is 12.4. The Bertz CT molecular complexity index is 1030. The van der Waals surface area contributed by atoms with E-state index in [1.54, 1.807) is 11.3 Å². The van der Waals surface area contributed by atoms with Crippen molar-refractivity contribution in [1.29, 1.82) is 0 Å². The van der Waals surface area contributed by atoms with Crippen molar-refractivity contribution in [1.82, 2.24) is 19.9 Å². The highest BCUT2D eigenvalue weighted by Gasteiger charge is 2.12. The molecule has 0 bridgehead atoms. The molecule has 6 heteroatoms. The Morgan fingerprint density at radius 2 is 1.85 bits per heavy atom. The lowest BCUT2D eigenvalue weighted by Crippen LogP contribution is -2.29. The molecular formula is C20H20N4OS. The van der Waals surface area contributed by atoms with Crippen molar-refractivity contribution in [3.05, 3.63) is 59.4 Å². The van der Waals surface area contributed by atoms with Crippen molar-refractivity contribution >= 4 is 38.5 Å². The van der Waals surface area contributed by atoms with Crippen LogP contribution < -0.4 is 5.32 Å². The minimum absolute atomic E-state index is 0.00367. The zero-order valence-corrected chi connectivity index (χ0v) is 15.4. The fraction of sp³-hybridized carbons (Fsp3) is 0.250. The number of aryl methyl sites for hydroxylation is 1. The summed E-state index contributed by atoms with van der Waals surface area (Å²) in [6.45, 7) is 2.94. The third kappa shape index (κ3) is 3.32. The van der Waals surface area contributed by atoms with Gasteiger partial charge in [0.15, 0.2) is 0 Å². The van der Waals surface area contributed by atoms with E-state index in [0.717, 1.165) is 40.2 Å². The molecule has 5 nitrogen and oxygen atoms in total. The van der Waals surface area contributed by atoms with E-state index in [2.05, 4.69) is 28.3 Å². The summed E-state index contributed by atoms with van der Waals surface area (Å²) >= 11 is 1.68. The number of nitrogens with one attached hydrogen (secondary N) is 1. The number of aromatic nitrogens is 3. The first kappa shape index (κ1) is 16.7. The number of thiazole rings is 1. The predicted molar refractivity (Wildman–Crippen MR) is 105 cm³/mol. The maximum Gasteiger partial charge on any atom is 0.240 e. The molecule has 2 aromatic carbocycles. The van der Waals surface area contributed by atoms with Crippen LogP contribution in [0.15, 0.2) is 48.5 Å². The molecule has 0 aliphatic carbocycles. The van der Waals surface area contributed by atoms with Crippen LogP contribution in [0.5, 0.6) is 0 Å². The molecule has 0 aliphatic rings. The first-order valence-corrected chi connectivity index (χ1v) is 9.61. The van der Waals surface area contributed by atoms with E-state index in [1.165, 1.54) is 4.70 Å². The second-order valence-electron chi connectivity index (χ2n) is 6.13. The summed E-state index contributed by atoms with van der Waals surface area (Å²) in [5, 5.41) is 4.06. The standard InChI is InChI=1S/C20H20N4OS/c1-2-18-22-14-7-3-5-9-16(14)24(18)13-19(25)21-12-11-20-23-15-8-4-6-10-17(15)26-20/h3-10H,2,11-13H2,1H3,(H,21,25). The Morgan fingerprint density at radius 3 is 2.65 bits per heavy atom. The van der Waals surface area contributed by atoms with Crippen molar-refractivity contribution in [2.45, 2.75) is 26.3 Å². The number of hydrogen-bond donors (Lipinski definition) is 1. The van der Waals surface area contributed by atoms with Gasteiger partial charge in [0, 0.05) is 19.4 Å². The molecule has 2 aromatic heterocycles. The first-order chi connectivity index (χ1) is 12.7. The molecule has 4 rings (SSSR count). The number of amides is 1. The number of carbonyl (C=O) groups is 1. The minimum Gasteiger partial charge on any atom is -0.354 e. The predicted octanol–water partition coefficient (Wildman–Crippen LogP) is 3.57. The number of para-hydroxylation sites is 3. The molecule has 1 amide bonds. The number of fused-ring (bicyclic) bond motifs is 2. The summed E-state index contributed by atoms with van der Waals surface area (Å²) in [6.07, 6.45) is 1.55. The molecule has 0 unspecified atom stereocenters. The average Bonchev–Trinajstić information content (AvgIpc) is 3.22. The van der Waals surface area contributed by atoms with Crippen molar-refractivity contribution in [2.75, 3.05) is 6.54 Å². The van der Waals surface area contributed by atoms with E-state index in [9.17, 15) is 4.79 Å². The Labute approximate surface area is 155 Å². The van der Waals surface area contributed by atoms with Gasteiger partial charge in [0.1, 0.15) is 12.4 Å². The smallest absolute Gasteiger partial charge is 0.240 e. The van der Waals surface area contributed by atoms with Crippen LogP contribution in [-0.2, 0) is 24.2 Å². The molecule has 0 fully saturated rings. The van der Waals surface area contributed by atoms with Gasteiger partial charge >= 0.3 is 0 Å². The zero-order chi connectivity index (χ0) is 17.9. The molecule has 132 valence electrons. The topological polar surface area (TPSA) is 59.8 Å². The normalized spacial score (nSPS) is 11.3. The van der Waals surface area contributed by atoms with Crippen LogP contribution in [0.2, 0.25) is 0 Å². The van der Waals surface area contributed by atoms with Gasteiger partial charge in [-0.25, -0.2) is 9.97 Å². The fourth-order valence-electron chi connectivity index (χ4n) is 3.11. The summed E-state index contributed by atoms with van der Waals surface area (Å²) in [4.78, 5) is 21.6.